The fourth-order valence-electron chi connectivity index (χ4n) is 4.18. The Kier molecular flexibility index (Phi) is 8.18. The van der Waals surface area contributed by atoms with Gasteiger partial charge >= 0.3 is 12.1 Å². The van der Waals surface area contributed by atoms with Crippen molar-refractivity contribution in [3.8, 4) is 0 Å². The number of carboxylic acid groups (broad SMARTS) is 1. The molecular formula is C24H28F3NO4S. The number of amides is 1. The maximum Gasteiger partial charge on any atom is 0.416 e. The molecule has 0 saturated carbocycles. The van der Waals surface area contributed by atoms with Gasteiger partial charge in [-0.25, -0.2) is 4.79 Å². The maximum atomic E-state index is 13.8. The number of aliphatic hydroxyl groups is 1. The second-order valence-corrected chi connectivity index (χ2v) is 9.53. The number of aromatic carboxylic acids is 1. The van der Waals surface area contributed by atoms with Gasteiger partial charge in [0, 0.05) is 23.0 Å². The molecule has 1 unspecified atom stereocenters. The predicted octanol–water partition coefficient (Wildman–Crippen LogP) is 6.21. The monoisotopic (exact) mass is 483 g/mol. The summed E-state index contributed by atoms with van der Waals surface area (Å²) in [5.74, 6) is -1.20. The van der Waals surface area contributed by atoms with Crippen molar-refractivity contribution in [3.63, 3.8) is 0 Å². The first kappa shape index (κ1) is 25.2. The molecule has 2 atom stereocenters. The van der Waals surface area contributed by atoms with Gasteiger partial charge in [0.05, 0.1) is 11.7 Å². The van der Waals surface area contributed by atoms with Crippen LogP contribution in [0.1, 0.15) is 83.6 Å². The molecular weight excluding hydrogens is 455 g/mol. The van der Waals surface area contributed by atoms with Crippen LogP contribution >= 0.6 is 11.3 Å². The number of halogens is 3. The number of nitrogens with zero attached hydrogens (tertiary/aromatic N) is 1. The van der Waals surface area contributed by atoms with Crippen molar-refractivity contribution in [3.05, 3.63) is 51.2 Å². The largest absolute Gasteiger partial charge is 0.477 e. The Bertz CT molecular complexity index is 988. The first-order valence-electron chi connectivity index (χ1n) is 11.1. The molecule has 3 rings (SSSR count). The molecule has 1 aliphatic heterocycles. The Balaban J connectivity index is 1.69. The first-order valence-corrected chi connectivity index (χ1v) is 12.0. The van der Waals surface area contributed by atoms with Gasteiger partial charge < -0.3 is 15.1 Å². The number of rotatable bonds is 11. The lowest BCUT2D eigenvalue weighted by Gasteiger charge is -2.41. The fraction of sp³-hybridized carbons (Fsp3) is 0.500. The van der Waals surface area contributed by atoms with Crippen molar-refractivity contribution in [2.45, 2.75) is 76.6 Å². The van der Waals surface area contributed by atoms with E-state index in [-0.39, 0.29) is 40.9 Å². The molecule has 1 aliphatic rings. The number of aryl methyl sites for hydroxylation is 1. The highest BCUT2D eigenvalue weighted by Gasteiger charge is 2.40. The van der Waals surface area contributed by atoms with Crippen LogP contribution in [0.2, 0.25) is 0 Å². The van der Waals surface area contributed by atoms with Crippen LogP contribution in [0.25, 0.3) is 0 Å². The highest BCUT2D eigenvalue weighted by molar-refractivity contribution is 7.13. The number of carboxylic acids is 1. The van der Waals surface area contributed by atoms with Gasteiger partial charge in [0.25, 0.3) is 0 Å². The zero-order valence-corrected chi connectivity index (χ0v) is 19.2. The molecule has 2 aromatic rings. The predicted molar refractivity (Wildman–Crippen MR) is 121 cm³/mol. The van der Waals surface area contributed by atoms with E-state index in [9.17, 15) is 27.9 Å². The van der Waals surface area contributed by atoms with E-state index in [0.29, 0.717) is 25.7 Å². The number of hydrogen-bond donors (Lipinski definition) is 2. The normalized spacial score (nSPS) is 17.2. The quantitative estimate of drug-likeness (QED) is 0.294. The number of hydrogen-bond acceptors (Lipinski definition) is 4. The van der Waals surface area contributed by atoms with Gasteiger partial charge in [-0.2, -0.15) is 13.2 Å². The van der Waals surface area contributed by atoms with Gasteiger partial charge in [-0.1, -0.05) is 32.3 Å². The Morgan fingerprint density at radius 1 is 1.21 bits per heavy atom. The number of carbonyl (C=O) groups is 2. The molecule has 0 spiro atoms. The van der Waals surface area contributed by atoms with Crippen LogP contribution in [-0.4, -0.2) is 28.1 Å². The van der Waals surface area contributed by atoms with E-state index in [2.05, 4.69) is 0 Å². The van der Waals surface area contributed by atoms with Crippen molar-refractivity contribution in [1.82, 2.24) is 0 Å². The average molecular weight is 484 g/mol. The molecule has 0 radical (unpaired) electrons. The molecule has 2 N–H and O–H groups in total. The fourth-order valence-corrected chi connectivity index (χ4v) is 5.07. The molecule has 33 heavy (non-hydrogen) atoms. The summed E-state index contributed by atoms with van der Waals surface area (Å²) in [5.41, 5.74) is -0.863. The number of benzene rings is 1. The molecule has 2 heterocycles. The van der Waals surface area contributed by atoms with E-state index in [1.807, 2.05) is 6.92 Å². The third-order valence-electron chi connectivity index (χ3n) is 5.94. The minimum atomic E-state index is -4.64. The van der Waals surface area contributed by atoms with Gasteiger partial charge in [-0.3, -0.25) is 4.79 Å². The molecule has 1 saturated heterocycles. The summed E-state index contributed by atoms with van der Waals surface area (Å²) in [4.78, 5) is 25.8. The van der Waals surface area contributed by atoms with Gasteiger partial charge in [-0.15, -0.1) is 11.3 Å². The lowest BCUT2D eigenvalue weighted by Crippen LogP contribution is -2.53. The summed E-state index contributed by atoms with van der Waals surface area (Å²) >= 11 is 1.20. The van der Waals surface area contributed by atoms with Crippen molar-refractivity contribution in [2.24, 2.45) is 0 Å². The summed E-state index contributed by atoms with van der Waals surface area (Å²) in [6.45, 7) is 1.98. The maximum absolute atomic E-state index is 13.8. The van der Waals surface area contributed by atoms with E-state index in [1.165, 1.54) is 28.4 Å². The number of β-lactam (4-membered cyclic amide) rings is 1. The number of unbranched alkanes of at least 4 members (excludes halogenated alkanes) is 2. The van der Waals surface area contributed by atoms with Crippen LogP contribution in [0.4, 0.5) is 18.9 Å². The SMILES string of the molecule is CCCCCC(O)c1ccc(N2C(=O)C[C@@H]2CCCc2ccc(C(=O)O)s2)cc1C(F)(F)F. The number of carbonyl (C=O) groups excluding carboxylic acids is 1. The van der Waals surface area contributed by atoms with Crippen LogP contribution in [0.15, 0.2) is 30.3 Å². The summed E-state index contributed by atoms with van der Waals surface area (Å²) in [7, 11) is 0. The van der Waals surface area contributed by atoms with Crippen molar-refractivity contribution >= 4 is 28.9 Å². The Hall–Kier alpha value is -2.39. The summed E-state index contributed by atoms with van der Waals surface area (Å²) in [6, 6.07) is 6.86. The van der Waals surface area contributed by atoms with Crippen LogP contribution < -0.4 is 4.90 Å². The Labute approximate surface area is 194 Å². The molecule has 1 amide bonds. The number of aliphatic hydroxyl groups excluding tert-OH is 1. The zero-order valence-electron chi connectivity index (χ0n) is 18.4. The highest BCUT2D eigenvalue weighted by Crippen LogP contribution is 2.40. The van der Waals surface area contributed by atoms with E-state index in [0.717, 1.165) is 23.8 Å². The number of alkyl halides is 3. The highest BCUT2D eigenvalue weighted by atomic mass is 32.1. The molecule has 0 bridgehead atoms. The van der Waals surface area contributed by atoms with E-state index in [1.54, 1.807) is 12.1 Å². The molecule has 180 valence electrons. The van der Waals surface area contributed by atoms with Gasteiger partial charge in [0.1, 0.15) is 4.88 Å². The van der Waals surface area contributed by atoms with Crippen molar-refractivity contribution in [2.75, 3.05) is 4.90 Å². The molecule has 1 aromatic heterocycles. The minimum Gasteiger partial charge on any atom is -0.477 e. The molecule has 1 aromatic carbocycles. The Morgan fingerprint density at radius 3 is 2.58 bits per heavy atom. The van der Waals surface area contributed by atoms with E-state index >= 15 is 0 Å². The molecule has 9 heteroatoms. The zero-order chi connectivity index (χ0) is 24.2. The van der Waals surface area contributed by atoms with Crippen LogP contribution in [0.5, 0.6) is 0 Å². The topological polar surface area (TPSA) is 77.8 Å². The molecule has 5 nitrogen and oxygen atoms in total. The number of thiophene rings is 1. The molecule has 0 aliphatic carbocycles. The van der Waals surface area contributed by atoms with Crippen molar-refractivity contribution in [1.29, 1.82) is 0 Å². The Morgan fingerprint density at radius 2 is 1.97 bits per heavy atom. The minimum absolute atomic E-state index is 0.154. The summed E-state index contributed by atoms with van der Waals surface area (Å²) in [6.07, 6.45) is -0.986. The van der Waals surface area contributed by atoms with Crippen LogP contribution in [-0.2, 0) is 17.4 Å². The van der Waals surface area contributed by atoms with Gasteiger partial charge in [0.15, 0.2) is 0 Å². The van der Waals surface area contributed by atoms with E-state index in [4.69, 9.17) is 5.11 Å². The smallest absolute Gasteiger partial charge is 0.416 e. The first-order chi connectivity index (χ1) is 15.6. The second-order valence-electron chi connectivity index (χ2n) is 8.37. The standard InChI is InChI=1S/C24H28F3NO4S/c1-2-3-4-8-20(29)18-11-9-16(13-19(18)24(25,26)27)28-15(14-22(28)30)6-5-7-17-10-12-21(33-17)23(31)32/h9-13,15,20,29H,2-8,14H2,1H3,(H,31,32)/t15-,20?/m0/s1. The summed E-state index contributed by atoms with van der Waals surface area (Å²) in [5, 5.41) is 19.3. The third kappa shape index (κ3) is 6.14. The van der Waals surface area contributed by atoms with Crippen molar-refractivity contribution < 1.29 is 33.0 Å². The van der Waals surface area contributed by atoms with E-state index < -0.39 is 23.8 Å². The van der Waals surface area contributed by atoms with Gasteiger partial charge in [-0.05, 0) is 55.5 Å². The van der Waals surface area contributed by atoms with Crippen LogP contribution in [0, 0.1) is 0 Å². The average Bonchev–Trinajstić information content (AvgIpc) is 3.22. The second kappa shape index (κ2) is 10.7. The lowest BCUT2D eigenvalue weighted by molar-refractivity contribution is -0.139. The lowest BCUT2D eigenvalue weighted by atomic mass is 9.92. The summed E-state index contributed by atoms with van der Waals surface area (Å²) < 4.78 is 41.3. The van der Waals surface area contributed by atoms with Crippen LogP contribution in [0.3, 0.4) is 0 Å². The molecule has 1 fully saturated rings. The van der Waals surface area contributed by atoms with Gasteiger partial charge in [0.2, 0.25) is 5.91 Å². The number of anilines is 1. The third-order valence-corrected chi connectivity index (χ3v) is 7.07.